The van der Waals surface area contributed by atoms with Crippen LogP contribution in [0.1, 0.15) is 29.8 Å². The number of thioether (sulfide) groups is 1. The summed E-state index contributed by atoms with van der Waals surface area (Å²) in [7, 11) is 0. The molecule has 0 spiro atoms. The molecular weight excluding hydrogens is 434 g/mol. The van der Waals surface area contributed by atoms with Crippen LogP contribution < -0.4 is 0 Å². The predicted octanol–water partition coefficient (Wildman–Crippen LogP) is 4.91. The summed E-state index contributed by atoms with van der Waals surface area (Å²) in [6, 6.07) is 16.5. The van der Waals surface area contributed by atoms with Crippen LogP contribution in [0.3, 0.4) is 0 Å². The first-order valence-corrected chi connectivity index (χ1v) is 12.0. The van der Waals surface area contributed by atoms with Gasteiger partial charge < -0.3 is 9.47 Å². The highest BCUT2D eigenvalue weighted by Crippen LogP contribution is 2.34. The third-order valence-electron chi connectivity index (χ3n) is 6.39. The van der Waals surface area contributed by atoms with Crippen molar-refractivity contribution in [1.82, 2.24) is 14.4 Å². The van der Waals surface area contributed by atoms with Crippen molar-refractivity contribution >= 4 is 45.7 Å². The second-order valence-corrected chi connectivity index (χ2v) is 9.51. The molecule has 0 bridgehead atoms. The molecule has 3 heterocycles. The maximum Gasteiger partial charge on any atom is 0.294 e. The summed E-state index contributed by atoms with van der Waals surface area (Å²) in [6.45, 7) is 5.27. The predicted molar refractivity (Wildman–Crippen MR) is 131 cm³/mol. The lowest BCUT2D eigenvalue weighted by atomic mass is 10.1. The number of carbonyl (C=O) groups is 3. The Hall–Kier alpha value is -3.32. The van der Waals surface area contributed by atoms with E-state index in [1.54, 1.807) is 11.0 Å². The molecule has 0 atom stereocenters. The molecule has 0 unspecified atom stereocenters. The summed E-state index contributed by atoms with van der Waals surface area (Å²) in [5.41, 5.74) is 3.99. The largest absolute Gasteiger partial charge is 0.341 e. The molecule has 0 aliphatic carbocycles. The number of hydrogen-bond acceptors (Lipinski definition) is 4. The monoisotopic (exact) mass is 459 g/mol. The minimum atomic E-state index is -0.396. The van der Waals surface area contributed by atoms with Gasteiger partial charge in [0.25, 0.3) is 11.1 Å². The molecule has 7 heteroatoms. The highest BCUT2D eigenvalue weighted by atomic mass is 32.2. The van der Waals surface area contributed by atoms with E-state index in [0.29, 0.717) is 18.0 Å². The van der Waals surface area contributed by atoms with Gasteiger partial charge in [-0.1, -0.05) is 36.4 Å². The number of amides is 3. The second-order valence-electron chi connectivity index (χ2n) is 8.52. The van der Waals surface area contributed by atoms with Crippen molar-refractivity contribution in [3.05, 3.63) is 70.4 Å². The zero-order valence-corrected chi connectivity index (χ0v) is 19.5. The summed E-state index contributed by atoms with van der Waals surface area (Å²) in [5.74, 6) is -0.558. The first-order chi connectivity index (χ1) is 15.9. The van der Waals surface area contributed by atoms with E-state index in [1.165, 1.54) is 0 Å². The molecule has 2 saturated heterocycles. The fourth-order valence-electron chi connectivity index (χ4n) is 4.69. The molecule has 33 heavy (non-hydrogen) atoms. The lowest BCUT2D eigenvalue weighted by Gasteiger charge is -2.18. The molecule has 2 aliphatic heterocycles. The molecule has 3 amide bonds. The van der Waals surface area contributed by atoms with Gasteiger partial charge in [-0.05, 0) is 67.6 Å². The van der Waals surface area contributed by atoms with Gasteiger partial charge in [0, 0.05) is 29.9 Å². The highest BCUT2D eigenvalue weighted by molar-refractivity contribution is 8.18. The highest BCUT2D eigenvalue weighted by Gasteiger charge is 2.37. The smallest absolute Gasteiger partial charge is 0.294 e. The Kier molecular flexibility index (Phi) is 5.58. The van der Waals surface area contributed by atoms with E-state index in [4.69, 9.17) is 0 Å². The molecule has 0 N–H and O–H groups in total. The van der Waals surface area contributed by atoms with Crippen molar-refractivity contribution in [2.75, 3.05) is 19.6 Å². The quantitative estimate of drug-likeness (QED) is 0.521. The Morgan fingerprint density at radius 3 is 2.55 bits per heavy atom. The molecule has 2 aliphatic rings. The minimum absolute atomic E-state index is 0.162. The van der Waals surface area contributed by atoms with E-state index in [1.807, 2.05) is 38.1 Å². The number of nitrogens with zero attached hydrogens (tertiary/aromatic N) is 3. The molecule has 6 nitrogen and oxygen atoms in total. The van der Waals surface area contributed by atoms with Crippen molar-refractivity contribution in [1.29, 1.82) is 0 Å². The van der Waals surface area contributed by atoms with Gasteiger partial charge in [-0.25, -0.2) is 0 Å². The van der Waals surface area contributed by atoms with E-state index in [0.717, 1.165) is 62.9 Å². The Bertz CT molecular complexity index is 1310. The second kappa shape index (κ2) is 8.56. The van der Waals surface area contributed by atoms with Crippen LogP contribution in [0.4, 0.5) is 4.79 Å². The van der Waals surface area contributed by atoms with Gasteiger partial charge in [-0.3, -0.25) is 19.3 Å². The molecule has 2 aromatic carbocycles. The SMILES string of the molecule is Cc1cc(/C=C2\SC(=O)N(CC(=O)N3CCCC3)C2=O)c(C)n1-c1cccc2ccccc12. The van der Waals surface area contributed by atoms with Gasteiger partial charge in [-0.2, -0.15) is 0 Å². The first kappa shape index (κ1) is 21.5. The van der Waals surface area contributed by atoms with Crippen LogP contribution in [0, 0.1) is 13.8 Å². The molecule has 1 aromatic heterocycles. The van der Waals surface area contributed by atoms with Crippen LogP contribution in [0.2, 0.25) is 0 Å². The van der Waals surface area contributed by atoms with E-state index >= 15 is 0 Å². The van der Waals surface area contributed by atoms with E-state index < -0.39 is 5.91 Å². The van der Waals surface area contributed by atoms with Crippen LogP contribution in [-0.4, -0.2) is 51.1 Å². The van der Waals surface area contributed by atoms with Gasteiger partial charge in [0.15, 0.2) is 0 Å². The number of likely N-dealkylation sites (tertiary alicyclic amines) is 1. The third kappa shape index (κ3) is 3.86. The summed E-state index contributed by atoms with van der Waals surface area (Å²) in [6.07, 6.45) is 3.72. The standard InChI is InChI=1S/C26H25N3O3S/c1-17-14-20(18(2)29(17)22-11-7-9-19-8-3-4-10-21(19)22)15-23-25(31)28(26(32)33-23)16-24(30)27-12-5-6-13-27/h3-4,7-11,14-15H,5-6,12-13,16H2,1-2H3/b23-15-. The average Bonchev–Trinajstić information content (AvgIpc) is 3.50. The lowest BCUT2D eigenvalue weighted by Crippen LogP contribution is -2.40. The fraction of sp³-hybridized carbons (Fsp3) is 0.269. The first-order valence-electron chi connectivity index (χ1n) is 11.1. The van der Waals surface area contributed by atoms with Gasteiger partial charge in [0.1, 0.15) is 6.54 Å². The van der Waals surface area contributed by atoms with Crippen molar-refractivity contribution in [3.63, 3.8) is 0 Å². The van der Waals surface area contributed by atoms with Gasteiger partial charge in [-0.15, -0.1) is 0 Å². The van der Waals surface area contributed by atoms with Gasteiger partial charge in [0.2, 0.25) is 5.91 Å². The van der Waals surface area contributed by atoms with E-state index in [-0.39, 0.29) is 17.7 Å². The molecular formula is C26H25N3O3S. The third-order valence-corrected chi connectivity index (χ3v) is 7.30. The topological polar surface area (TPSA) is 62.6 Å². The average molecular weight is 460 g/mol. The number of benzene rings is 2. The number of carbonyl (C=O) groups excluding carboxylic acids is 3. The number of rotatable bonds is 4. The maximum atomic E-state index is 13.0. The molecule has 0 radical (unpaired) electrons. The van der Waals surface area contributed by atoms with Gasteiger partial charge in [0.05, 0.1) is 10.6 Å². The van der Waals surface area contributed by atoms with E-state index in [9.17, 15) is 14.4 Å². The van der Waals surface area contributed by atoms with Gasteiger partial charge >= 0.3 is 0 Å². The van der Waals surface area contributed by atoms with Crippen LogP contribution in [0.5, 0.6) is 0 Å². The number of imide groups is 1. The van der Waals surface area contributed by atoms with Crippen molar-refractivity contribution < 1.29 is 14.4 Å². The zero-order valence-electron chi connectivity index (χ0n) is 18.7. The number of aromatic nitrogens is 1. The van der Waals surface area contributed by atoms with Crippen LogP contribution in [0.25, 0.3) is 22.5 Å². The van der Waals surface area contributed by atoms with Crippen molar-refractivity contribution in [2.45, 2.75) is 26.7 Å². The normalized spacial score (nSPS) is 17.7. The summed E-state index contributed by atoms with van der Waals surface area (Å²) in [4.78, 5) is 41.1. The molecule has 168 valence electrons. The Balaban J connectivity index is 1.45. The molecule has 3 aromatic rings. The summed E-state index contributed by atoms with van der Waals surface area (Å²) < 4.78 is 2.18. The summed E-state index contributed by atoms with van der Waals surface area (Å²) in [5, 5.41) is 1.92. The molecule has 0 saturated carbocycles. The lowest BCUT2D eigenvalue weighted by molar-refractivity contribution is -0.135. The minimum Gasteiger partial charge on any atom is -0.341 e. The van der Waals surface area contributed by atoms with E-state index in [2.05, 4.69) is 28.8 Å². The number of aryl methyl sites for hydroxylation is 1. The fourth-order valence-corrected chi connectivity index (χ4v) is 5.52. The van der Waals surface area contributed by atoms with Crippen LogP contribution in [0.15, 0.2) is 53.4 Å². The Morgan fingerprint density at radius 1 is 1.03 bits per heavy atom. The number of hydrogen-bond donors (Lipinski definition) is 0. The van der Waals surface area contributed by atoms with Crippen LogP contribution >= 0.6 is 11.8 Å². The maximum absolute atomic E-state index is 13.0. The van der Waals surface area contributed by atoms with Crippen LogP contribution in [-0.2, 0) is 9.59 Å². The van der Waals surface area contributed by atoms with Crippen molar-refractivity contribution in [2.24, 2.45) is 0 Å². The Morgan fingerprint density at radius 2 is 1.76 bits per heavy atom. The molecule has 5 rings (SSSR count). The summed E-state index contributed by atoms with van der Waals surface area (Å²) >= 11 is 0.902. The number of fused-ring (bicyclic) bond motifs is 1. The van der Waals surface area contributed by atoms with Crippen molar-refractivity contribution in [3.8, 4) is 5.69 Å². The molecule has 2 fully saturated rings. The zero-order chi connectivity index (χ0) is 23.1. The Labute approximate surface area is 196 Å².